The Hall–Kier alpha value is -1.38. The van der Waals surface area contributed by atoms with Gasteiger partial charge in [0.05, 0.1) is 27.4 Å². The molecule has 0 aliphatic rings. The number of ether oxygens (including phenoxy) is 3. The molecule has 0 spiro atoms. The molecule has 7 heteroatoms. The molecule has 1 aromatic rings. The van der Waals surface area contributed by atoms with Crippen LogP contribution in [0.2, 0.25) is 0 Å². The fourth-order valence-corrected chi connectivity index (χ4v) is 2.14. The minimum absolute atomic E-state index is 0. The third kappa shape index (κ3) is 8.02. The molecule has 0 unspecified atom stereocenters. The van der Waals surface area contributed by atoms with E-state index in [1.807, 2.05) is 26.0 Å². The van der Waals surface area contributed by atoms with E-state index >= 15 is 0 Å². The second-order valence-corrected chi connectivity index (χ2v) is 6.33. The van der Waals surface area contributed by atoms with Gasteiger partial charge in [-0.15, -0.1) is 24.0 Å². The van der Waals surface area contributed by atoms with Crippen LogP contribution in [-0.4, -0.2) is 38.9 Å². The van der Waals surface area contributed by atoms with E-state index in [0.29, 0.717) is 30.4 Å². The van der Waals surface area contributed by atoms with Crippen LogP contribution in [0.4, 0.5) is 0 Å². The first-order valence-electron chi connectivity index (χ1n) is 8.28. The molecule has 144 valence electrons. The Bertz CT molecular complexity index is 532. The average Bonchev–Trinajstić information content (AvgIpc) is 2.52. The number of benzene rings is 1. The molecule has 0 aromatic heterocycles. The highest BCUT2D eigenvalue weighted by Crippen LogP contribution is 2.38. The first kappa shape index (κ1) is 23.6. The number of aliphatic imine (C=N–C) groups is 1. The van der Waals surface area contributed by atoms with Gasteiger partial charge in [-0.25, -0.2) is 4.99 Å². The maximum absolute atomic E-state index is 5.62. The zero-order chi connectivity index (χ0) is 18.2. The second-order valence-electron chi connectivity index (χ2n) is 6.33. The third-order valence-electron chi connectivity index (χ3n) is 3.07. The van der Waals surface area contributed by atoms with E-state index in [1.165, 1.54) is 0 Å². The van der Waals surface area contributed by atoms with Crippen molar-refractivity contribution in [3.8, 4) is 17.2 Å². The van der Waals surface area contributed by atoms with Crippen molar-refractivity contribution >= 4 is 29.9 Å². The minimum Gasteiger partial charge on any atom is -0.493 e. The van der Waals surface area contributed by atoms with Gasteiger partial charge < -0.3 is 24.8 Å². The maximum atomic E-state index is 5.62. The van der Waals surface area contributed by atoms with Crippen molar-refractivity contribution in [1.29, 1.82) is 0 Å². The van der Waals surface area contributed by atoms with Crippen molar-refractivity contribution < 1.29 is 14.2 Å². The Balaban J connectivity index is 0.00000576. The van der Waals surface area contributed by atoms with Crippen molar-refractivity contribution in [3.63, 3.8) is 0 Å². The van der Waals surface area contributed by atoms with Crippen LogP contribution in [-0.2, 0) is 6.54 Å². The lowest BCUT2D eigenvalue weighted by atomic mass is 10.1. The summed E-state index contributed by atoms with van der Waals surface area (Å²) in [5, 5.41) is 6.62. The molecule has 0 atom stereocenters. The van der Waals surface area contributed by atoms with Gasteiger partial charge in [0.15, 0.2) is 17.5 Å². The van der Waals surface area contributed by atoms with Crippen molar-refractivity contribution in [2.24, 2.45) is 4.99 Å². The molecule has 2 N–H and O–H groups in total. The fourth-order valence-electron chi connectivity index (χ4n) is 2.14. The standard InChI is InChI=1S/C18H31N3O3.HI/c1-8-19-17(21-18(3,4)5)20-12-13-10-14(22-6)16(24-9-2)15(11-13)23-7;/h10-11H,8-9,12H2,1-7H3,(H2,19,20,21);1H. The molecular weight excluding hydrogens is 433 g/mol. The largest absolute Gasteiger partial charge is 0.493 e. The molecule has 1 rings (SSSR count). The van der Waals surface area contributed by atoms with Crippen LogP contribution in [0.25, 0.3) is 0 Å². The molecule has 0 bridgehead atoms. The van der Waals surface area contributed by atoms with E-state index in [0.717, 1.165) is 18.1 Å². The molecule has 0 saturated heterocycles. The lowest BCUT2D eigenvalue weighted by Gasteiger charge is -2.23. The van der Waals surface area contributed by atoms with Crippen molar-refractivity contribution in [2.45, 2.75) is 46.7 Å². The summed E-state index contributed by atoms with van der Waals surface area (Å²) >= 11 is 0. The van der Waals surface area contributed by atoms with Gasteiger partial charge in [-0.1, -0.05) is 0 Å². The molecule has 0 saturated carbocycles. The van der Waals surface area contributed by atoms with E-state index in [-0.39, 0.29) is 29.5 Å². The van der Waals surface area contributed by atoms with Crippen LogP contribution in [0, 0.1) is 0 Å². The Morgan fingerprint density at radius 2 is 1.64 bits per heavy atom. The van der Waals surface area contributed by atoms with Gasteiger partial charge in [0, 0.05) is 12.1 Å². The number of guanidine groups is 1. The lowest BCUT2D eigenvalue weighted by molar-refractivity contribution is 0.288. The van der Waals surface area contributed by atoms with Crippen LogP contribution >= 0.6 is 24.0 Å². The van der Waals surface area contributed by atoms with E-state index in [1.54, 1.807) is 14.2 Å². The summed E-state index contributed by atoms with van der Waals surface area (Å²) in [5.41, 5.74) is 0.924. The highest BCUT2D eigenvalue weighted by atomic mass is 127. The maximum Gasteiger partial charge on any atom is 0.203 e. The molecule has 0 fully saturated rings. The Morgan fingerprint density at radius 1 is 1.08 bits per heavy atom. The van der Waals surface area contributed by atoms with Crippen molar-refractivity contribution in [3.05, 3.63) is 17.7 Å². The molecule has 0 radical (unpaired) electrons. The van der Waals surface area contributed by atoms with Crippen LogP contribution in [0.3, 0.4) is 0 Å². The quantitative estimate of drug-likeness (QED) is 0.366. The predicted octanol–water partition coefficient (Wildman–Crippen LogP) is 3.57. The van der Waals surface area contributed by atoms with E-state index in [2.05, 4.69) is 36.4 Å². The van der Waals surface area contributed by atoms with Gasteiger partial charge >= 0.3 is 0 Å². The van der Waals surface area contributed by atoms with Crippen molar-refractivity contribution in [2.75, 3.05) is 27.4 Å². The first-order valence-corrected chi connectivity index (χ1v) is 8.28. The van der Waals surface area contributed by atoms with Gasteiger partial charge in [0.1, 0.15) is 0 Å². The molecule has 25 heavy (non-hydrogen) atoms. The first-order chi connectivity index (χ1) is 11.3. The molecule has 0 amide bonds. The van der Waals surface area contributed by atoms with Crippen LogP contribution in [0.15, 0.2) is 17.1 Å². The summed E-state index contributed by atoms with van der Waals surface area (Å²) in [7, 11) is 3.24. The van der Waals surface area contributed by atoms with Gasteiger partial charge in [-0.3, -0.25) is 0 Å². The molecular formula is C18H32IN3O3. The highest BCUT2D eigenvalue weighted by Gasteiger charge is 2.15. The molecule has 6 nitrogen and oxygen atoms in total. The molecule has 1 aromatic carbocycles. The van der Waals surface area contributed by atoms with E-state index in [9.17, 15) is 0 Å². The highest BCUT2D eigenvalue weighted by molar-refractivity contribution is 14.0. The normalized spacial score (nSPS) is 11.4. The number of halogens is 1. The minimum atomic E-state index is -0.0603. The summed E-state index contributed by atoms with van der Waals surface area (Å²) in [6.07, 6.45) is 0. The fraction of sp³-hybridized carbons (Fsp3) is 0.611. The molecule has 0 aliphatic carbocycles. The zero-order valence-corrected chi connectivity index (χ0v) is 18.7. The molecule has 0 aliphatic heterocycles. The second kappa shape index (κ2) is 11.3. The number of rotatable bonds is 7. The molecule has 0 heterocycles. The Morgan fingerprint density at radius 3 is 2.04 bits per heavy atom. The monoisotopic (exact) mass is 465 g/mol. The summed E-state index contributed by atoms with van der Waals surface area (Å²) in [4.78, 5) is 4.64. The van der Waals surface area contributed by atoms with E-state index < -0.39 is 0 Å². The number of nitrogens with one attached hydrogen (secondary N) is 2. The van der Waals surface area contributed by atoms with E-state index in [4.69, 9.17) is 14.2 Å². The SMILES string of the molecule is CCNC(=NCc1cc(OC)c(OCC)c(OC)c1)NC(C)(C)C.I. The van der Waals surface area contributed by atoms with Crippen molar-refractivity contribution in [1.82, 2.24) is 10.6 Å². The van der Waals surface area contributed by atoms with Crippen LogP contribution in [0.1, 0.15) is 40.2 Å². The van der Waals surface area contributed by atoms with Gasteiger partial charge in [0.2, 0.25) is 5.75 Å². The van der Waals surface area contributed by atoms with Gasteiger partial charge in [0.25, 0.3) is 0 Å². The average molecular weight is 465 g/mol. The number of nitrogens with zero attached hydrogens (tertiary/aromatic N) is 1. The van der Waals surface area contributed by atoms with Gasteiger partial charge in [-0.2, -0.15) is 0 Å². The summed E-state index contributed by atoms with van der Waals surface area (Å²) < 4.78 is 16.5. The number of methoxy groups -OCH3 is 2. The summed E-state index contributed by atoms with van der Waals surface area (Å²) in [6, 6.07) is 3.86. The topological polar surface area (TPSA) is 64.1 Å². The summed E-state index contributed by atoms with van der Waals surface area (Å²) in [6.45, 7) is 12.1. The Labute approximate surface area is 168 Å². The summed E-state index contributed by atoms with van der Waals surface area (Å²) in [5.74, 6) is 2.69. The van der Waals surface area contributed by atoms with Crippen LogP contribution in [0.5, 0.6) is 17.2 Å². The van der Waals surface area contributed by atoms with Gasteiger partial charge in [-0.05, 0) is 52.3 Å². The number of hydrogen-bond donors (Lipinski definition) is 2. The van der Waals surface area contributed by atoms with Crippen LogP contribution < -0.4 is 24.8 Å². The Kier molecular flexibility index (Phi) is 10.7. The zero-order valence-electron chi connectivity index (χ0n) is 16.4. The third-order valence-corrected chi connectivity index (χ3v) is 3.07. The smallest absolute Gasteiger partial charge is 0.203 e. The lowest BCUT2D eigenvalue weighted by Crippen LogP contribution is -2.47. The predicted molar refractivity (Wildman–Crippen MR) is 114 cm³/mol. The number of hydrogen-bond acceptors (Lipinski definition) is 4.